The largest absolute Gasteiger partial charge is 0.388 e. The standard InChI is InChI=1S/C11H20O6/c1-7(12)4-2-3-5-16-11-10(15)9(14)8(13)6-17-11/h8-11,13-15H,2-6H2,1H3/t8-,9?,10-,11+/m0/s1. The number of carbonyl (C=O) groups excluding carboxylic acids is 1. The van der Waals surface area contributed by atoms with Crippen molar-refractivity contribution in [1.82, 2.24) is 0 Å². The SMILES string of the molecule is CC(=O)CCCCO[C@@H]1OC[C@H](O)C(O)[C@@H]1O. The summed E-state index contributed by atoms with van der Waals surface area (Å²) >= 11 is 0. The highest BCUT2D eigenvalue weighted by molar-refractivity contribution is 5.75. The van der Waals surface area contributed by atoms with Gasteiger partial charge in [0, 0.05) is 13.0 Å². The first kappa shape index (κ1) is 14.5. The van der Waals surface area contributed by atoms with Crippen LogP contribution in [0.1, 0.15) is 26.2 Å². The van der Waals surface area contributed by atoms with Crippen LogP contribution >= 0.6 is 0 Å². The normalized spacial score (nSPS) is 33.6. The van der Waals surface area contributed by atoms with Crippen LogP contribution in [0.15, 0.2) is 0 Å². The van der Waals surface area contributed by atoms with Gasteiger partial charge in [-0.1, -0.05) is 0 Å². The molecule has 4 atom stereocenters. The molecule has 1 heterocycles. The summed E-state index contributed by atoms with van der Waals surface area (Å²) in [5, 5.41) is 28.1. The number of hydrogen-bond acceptors (Lipinski definition) is 6. The fourth-order valence-electron chi connectivity index (χ4n) is 1.60. The molecule has 6 nitrogen and oxygen atoms in total. The summed E-state index contributed by atoms with van der Waals surface area (Å²) < 4.78 is 10.3. The summed E-state index contributed by atoms with van der Waals surface area (Å²) in [5.74, 6) is 0.137. The maximum Gasteiger partial charge on any atom is 0.186 e. The number of ketones is 1. The average Bonchev–Trinajstić information content (AvgIpc) is 2.28. The van der Waals surface area contributed by atoms with Gasteiger partial charge in [-0.25, -0.2) is 0 Å². The number of carbonyl (C=O) groups is 1. The zero-order valence-electron chi connectivity index (χ0n) is 9.91. The van der Waals surface area contributed by atoms with Crippen molar-refractivity contribution in [2.75, 3.05) is 13.2 Å². The Morgan fingerprint density at radius 2 is 2.00 bits per heavy atom. The Balaban J connectivity index is 2.16. The molecule has 0 aromatic heterocycles. The summed E-state index contributed by atoms with van der Waals surface area (Å²) in [6.45, 7) is 1.82. The second-order valence-electron chi connectivity index (χ2n) is 4.28. The van der Waals surface area contributed by atoms with Gasteiger partial charge in [0.25, 0.3) is 0 Å². The average molecular weight is 248 g/mol. The van der Waals surface area contributed by atoms with E-state index in [1.807, 2.05) is 0 Å². The fourth-order valence-corrected chi connectivity index (χ4v) is 1.60. The van der Waals surface area contributed by atoms with E-state index in [0.717, 1.165) is 6.42 Å². The molecule has 1 saturated heterocycles. The number of ether oxygens (including phenoxy) is 2. The third kappa shape index (κ3) is 4.69. The van der Waals surface area contributed by atoms with Crippen LogP contribution in [0.5, 0.6) is 0 Å². The number of aliphatic hydroxyl groups is 3. The number of rotatable bonds is 6. The summed E-state index contributed by atoms with van der Waals surface area (Å²) in [6.07, 6.45) is -2.56. The van der Waals surface area contributed by atoms with Crippen LogP contribution in [-0.4, -0.2) is 58.9 Å². The van der Waals surface area contributed by atoms with Crippen molar-refractivity contribution in [2.24, 2.45) is 0 Å². The summed E-state index contributed by atoms with van der Waals surface area (Å²) in [6, 6.07) is 0. The molecule has 1 aliphatic rings. The zero-order chi connectivity index (χ0) is 12.8. The van der Waals surface area contributed by atoms with Crippen LogP contribution in [-0.2, 0) is 14.3 Å². The Morgan fingerprint density at radius 1 is 1.29 bits per heavy atom. The maximum atomic E-state index is 10.7. The molecular weight excluding hydrogens is 228 g/mol. The van der Waals surface area contributed by atoms with E-state index < -0.39 is 24.6 Å². The molecule has 1 unspecified atom stereocenters. The van der Waals surface area contributed by atoms with Crippen LogP contribution in [0.2, 0.25) is 0 Å². The van der Waals surface area contributed by atoms with Crippen LogP contribution < -0.4 is 0 Å². The Bertz CT molecular complexity index is 244. The molecule has 0 saturated carbocycles. The molecular formula is C11H20O6. The summed E-state index contributed by atoms with van der Waals surface area (Å²) in [5.41, 5.74) is 0. The van der Waals surface area contributed by atoms with Gasteiger partial charge in [0.2, 0.25) is 0 Å². The predicted octanol–water partition coefficient (Wildman–Crippen LogP) is -0.799. The van der Waals surface area contributed by atoms with Gasteiger partial charge in [0.05, 0.1) is 6.61 Å². The molecule has 3 N–H and O–H groups in total. The van der Waals surface area contributed by atoms with Gasteiger partial charge < -0.3 is 29.6 Å². The van der Waals surface area contributed by atoms with E-state index in [1.54, 1.807) is 0 Å². The Hall–Kier alpha value is -0.530. The molecule has 0 spiro atoms. The van der Waals surface area contributed by atoms with Crippen molar-refractivity contribution in [1.29, 1.82) is 0 Å². The van der Waals surface area contributed by atoms with Gasteiger partial charge in [-0.2, -0.15) is 0 Å². The van der Waals surface area contributed by atoms with Crippen LogP contribution in [0.25, 0.3) is 0 Å². The highest BCUT2D eigenvalue weighted by atomic mass is 16.7. The summed E-state index contributed by atoms with van der Waals surface area (Å²) in [7, 11) is 0. The minimum Gasteiger partial charge on any atom is -0.388 e. The first-order valence-electron chi connectivity index (χ1n) is 5.79. The molecule has 0 aromatic carbocycles. The molecule has 100 valence electrons. The lowest BCUT2D eigenvalue weighted by Crippen LogP contribution is -2.53. The van der Waals surface area contributed by atoms with Gasteiger partial charge in [-0.05, 0) is 19.8 Å². The third-order valence-corrected chi connectivity index (χ3v) is 2.66. The Kier molecular flexibility index (Phi) is 6.01. The predicted molar refractivity (Wildman–Crippen MR) is 58.2 cm³/mol. The lowest BCUT2D eigenvalue weighted by Gasteiger charge is -2.34. The van der Waals surface area contributed by atoms with E-state index in [9.17, 15) is 20.1 Å². The van der Waals surface area contributed by atoms with Crippen molar-refractivity contribution in [3.05, 3.63) is 0 Å². The molecule has 0 aliphatic carbocycles. The van der Waals surface area contributed by atoms with Gasteiger partial charge in [-0.15, -0.1) is 0 Å². The van der Waals surface area contributed by atoms with Gasteiger partial charge in [-0.3, -0.25) is 0 Å². The second kappa shape index (κ2) is 7.03. The third-order valence-electron chi connectivity index (χ3n) is 2.66. The maximum absolute atomic E-state index is 10.7. The Morgan fingerprint density at radius 3 is 2.65 bits per heavy atom. The molecule has 0 aromatic rings. The highest BCUT2D eigenvalue weighted by Gasteiger charge is 2.37. The Labute approximate surface area is 100 Å². The molecule has 17 heavy (non-hydrogen) atoms. The first-order valence-corrected chi connectivity index (χ1v) is 5.79. The smallest absolute Gasteiger partial charge is 0.186 e. The van der Waals surface area contributed by atoms with E-state index in [0.29, 0.717) is 19.4 Å². The zero-order valence-corrected chi connectivity index (χ0v) is 9.91. The van der Waals surface area contributed by atoms with Crippen LogP contribution in [0.4, 0.5) is 0 Å². The van der Waals surface area contributed by atoms with Gasteiger partial charge >= 0.3 is 0 Å². The van der Waals surface area contributed by atoms with Crippen molar-refractivity contribution in [2.45, 2.75) is 50.8 Å². The molecule has 1 aliphatic heterocycles. The number of unbranched alkanes of at least 4 members (excludes halogenated alkanes) is 1. The molecule has 0 bridgehead atoms. The van der Waals surface area contributed by atoms with E-state index >= 15 is 0 Å². The second-order valence-corrected chi connectivity index (χ2v) is 4.28. The van der Waals surface area contributed by atoms with Gasteiger partial charge in [0.1, 0.15) is 24.1 Å². The van der Waals surface area contributed by atoms with E-state index in [-0.39, 0.29) is 12.4 Å². The minimum absolute atomic E-state index is 0.0592. The number of aliphatic hydroxyl groups excluding tert-OH is 3. The molecule has 1 rings (SSSR count). The quantitative estimate of drug-likeness (QED) is 0.533. The topological polar surface area (TPSA) is 96.2 Å². The van der Waals surface area contributed by atoms with Gasteiger partial charge in [0.15, 0.2) is 6.29 Å². The van der Waals surface area contributed by atoms with E-state index in [4.69, 9.17) is 9.47 Å². The first-order chi connectivity index (χ1) is 8.02. The molecule has 0 radical (unpaired) electrons. The van der Waals surface area contributed by atoms with Crippen molar-refractivity contribution in [3.8, 4) is 0 Å². The fraction of sp³-hybridized carbons (Fsp3) is 0.909. The van der Waals surface area contributed by atoms with Crippen LogP contribution in [0, 0.1) is 0 Å². The van der Waals surface area contributed by atoms with Crippen molar-refractivity contribution >= 4 is 5.78 Å². The number of hydrogen-bond donors (Lipinski definition) is 3. The minimum atomic E-state index is -1.24. The highest BCUT2D eigenvalue weighted by Crippen LogP contribution is 2.16. The molecule has 1 fully saturated rings. The van der Waals surface area contributed by atoms with Crippen molar-refractivity contribution < 1.29 is 29.6 Å². The monoisotopic (exact) mass is 248 g/mol. The van der Waals surface area contributed by atoms with E-state index in [1.165, 1.54) is 6.92 Å². The lowest BCUT2D eigenvalue weighted by atomic mass is 10.1. The number of Topliss-reactive ketones (excluding diaryl/α,β-unsaturated/α-hetero) is 1. The lowest BCUT2D eigenvalue weighted by molar-refractivity contribution is -0.270. The molecule has 6 heteroatoms. The van der Waals surface area contributed by atoms with Crippen molar-refractivity contribution in [3.63, 3.8) is 0 Å². The summed E-state index contributed by atoms with van der Waals surface area (Å²) in [4.78, 5) is 10.7. The van der Waals surface area contributed by atoms with E-state index in [2.05, 4.69) is 0 Å². The molecule has 0 amide bonds. The van der Waals surface area contributed by atoms with Crippen LogP contribution in [0.3, 0.4) is 0 Å².